The maximum Gasteiger partial charge on any atom is 0.128 e. The summed E-state index contributed by atoms with van der Waals surface area (Å²) < 4.78 is 6.62. The van der Waals surface area contributed by atoms with Crippen molar-refractivity contribution in [3.8, 4) is 17.0 Å². The number of H-pyrrole nitrogens is 1. The lowest BCUT2D eigenvalue weighted by Gasteiger charge is -2.10. The first-order chi connectivity index (χ1) is 11.6. The number of aromatic amines is 1. The van der Waals surface area contributed by atoms with E-state index in [1.807, 2.05) is 24.3 Å². The fourth-order valence-electron chi connectivity index (χ4n) is 3.03. The van der Waals surface area contributed by atoms with Crippen molar-refractivity contribution in [1.29, 1.82) is 0 Å². The van der Waals surface area contributed by atoms with Crippen molar-refractivity contribution < 1.29 is 4.74 Å². The van der Waals surface area contributed by atoms with E-state index in [1.165, 1.54) is 10.9 Å². The third-order valence-corrected chi connectivity index (χ3v) is 4.91. The second kappa shape index (κ2) is 7.60. The number of methoxy groups -OCH3 is 1. The summed E-state index contributed by atoms with van der Waals surface area (Å²) in [6, 6.07) is 12.0. The molecule has 3 rings (SSSR count). The Hall–Kier alpha value is -1.49. The zero-order chi connectivity index (χ0) is 17.1. The highest BCUT2D eigenvalue weighted by Gasteiger charge is 2.17. The molecule has 1 heterocycles. The number of halogens is 2. The summed E-state index contributed by atoms with van der Waals surface area (Å²) in [5.74, 6) is 0.810. The molecule has 0 atom stereocenters. The second-order valence-corrected chi connectivity index (χ2v) is 7.11. The number of unbranched alkanes of at least 4 members (excludes halogenated alkanes) is 1. The average molecular weight is 408 g/mol. The molecule has 0 saturated heterocycles. The summed E-state index contributed by atoms with van der Waals surface area (Å²) in [5, 5.41) is 1.91. The van der Waals surface area contributed by atoms with E-state index in [4.69, 9.17) is 22.1 Å². The molecule has 3 N–H and O–H groups in total. The maximum absolute atomic E-state index is 6.23. The van der Waals surface area contributed by atoms with Crippen LogP contribution < -0.4 is 10.5 Å². The molecular weight excluding hydrogens is 388 g/mol. The van der Waals surface area contributed by atoms with E-state index in [1.54, 1.807) is 7.11 Å². The largest absolute Gasteiger partial charge is 0.496 e. The number of rotatable bonds is 6. The lowest BCUT2D eigenvalue weighted by molar-refractivity contribution is 0.416. The highest BCUT2D eigenvalue weighted by molar-refractivity contribution is 9.10. The number of aryl methyl sites for hydroxylation is 1. The summed E-state index contributed by atoms with van der Waals surface area (Å²) in [7, 11) is 1.68. The quantitative estimate of drug-likeness (QED) is 0.527. The molecule has 0 saturated carbocycles. The van der Waals surface area contributed by atoms with Crippen molar-refractivity contribution >= 4 is 38.4 Å². The topological polar surface area (TPSA) is 51.0 Å². The van der Waals surface area contributed by atoms with E-state index in [0.717, 1.165) is 46.3 Å². The Morgan fingerprint density at radius 3 is 2.75 bits per heavy atom. The number of fused-ring (bicyclic) bond motifs is 1. The Balaban J connectivity index is 2.19. The molecule has 0 radical (unpaired) electrons. The van der Waals surface area contributed by atoms with Crippen molar-refractivity contribution in [3.05, 3.63) is 51.5 Å². The Morgan fingerprint density at radius 2 is 2.00 bits per heavy atom. The first-order valence-corrected chi connectivity index (χ1v) is 9.15. The minimum absolute atomic E-state index is 0.693. The van der Waals surface area contributed by atoms with Crippen molar-refractivity contribution in [2.24, 2.45) is 5.73 Å². The van der Waals surface area contributed by atoms with Crippen LogP contribution in [0.15, 0.2) is 40.9 Å². The van der Waals surface area contributed by atoms with Gasteiger partial charge in [0.2, 0.25) is 0 Å². The van der Waals surface area contributed by atoms with Gasteiger partial charge in [-0.25, -0.2) is 0 Å². The van der Waals surface area contributed by atoms with Gasteiger partial charge in [-0.3, -0.25) is 0 Å². The number of hydrogen-bond acceptors (Lipinski definition) is 2. The van der Waals surface area contributed by atoms with Gasteiger partial charge in [-0.2, -0.15) is 0 Å². The van der Waals surface area contributed by atoms with Gasteiger partial charge in [0.1, 0.15) is 5.75 Å². The molecule has 24 heavy (non-hydrogen) atoms. The van der Waals surface area contributed by atoms with Gasteiger partial charge in [0.15, 0.2) is 0 Å². The number of hydrogen-bond donors (Lipinski definition) is 2. The SMILES string of the molecule is COc1ccc(Cl)cc1-c1[nH]c2ccc(Br)cc2c1CCCCN. The van der Waals surface area contributed by atoms with Crippen LogP contribution in [-0.4, -0.2) is 18.6 Å². The zero-order valence-corrected chi connectivity index (χ0v) is 15.9. The van der Waals surface area contributed by atoms with Crippen molar-refractivity contribution in [3.63, 3.8) is 0 Å². The highest BCUT2D eigenvalue weighted by atomic mass is 79.9. The van der Waals surface area contributed by atoms with E-state index < -0.39 is 0 Å². The van der Waals surface area contributed by atoms with E-state index >= 15 is 0 Å². The molecule has 126 valence electrons. The number of aromatic nitrogens is 1. The fraction of sp³-hybridized carbons (Fsp3) is 0.263. The standard InChI is InChI=1S/C19H20BrClN2O/c1-24-18-8-6-13(21)11-16(18)19-14(4-2-3-9-22)15-10-12(20)5-7-17(15)23-19/h5-8,10-11,23H,2-4,9,22H2,1H3. The molecule has 0 aliphatic rings. The number of benzene rings is 2. The summed E-state index contributed by atoms with van der Waals surface area (Å²) >= 11 is 9.81. The maximum atomic E-state index is 6.23. The van der Waals surface area contributed by atoms with E-state index in [2.05, 4.69) is 33.0 Å². The Bertz CT molecular complexity index is 860. The summed E-state index contributed by atoms with van der Waals surface area (Å²) in [6.45, 7) is 0.710. The molecule has 0 aliphatic carbocycles. The third-order valence-electron chi connectivity index (χ3n) is 4.18. The normalized spacial score (nSPS) is 11.2. The van der Waals surface area contributed by atoms with Crippen LogP contribution in [-0.2, 0) is 6.42 Å². The molecule has 0 spiro atoms. The number of ether oxygens (including phenoxy) is 1. The zero-order valence-electron chi connectivity index (χ0n) is 13.5. The van der Waals surface area contributed by atoms with Crippen LogP contribution >= 0.6 is 27.5 Å². The summed E-state index contributed by atoms with van der Waals surface area (Å²) in [6.07, 6.45) is 3.01. The van der Waals surface area contributed by atoms with Gasteiger partial charge in [0.05, 0.1) is 12.8 Å². The predicted octanol–water partition coefficient (Wildman–Crippen LogP) is 5.54. The van der Waals surface area contributed by atoms with Gasteiger partial charge < -0.3 is 15.5 Å². The molecular formula is C19H20BrClN2O. The van der Waals surface area contributed by atoms with Crippen molar-refractivity contribution in [2.75, 3.05) is 13.7 Å². The predicted molar refractivity (Wildman–Crippen MR) is 105 cm³/mol. The van der Waals surface area contributed by atoms with Gasteiger partial charge in [-0.1, -0.05) is 27.5 Å². The van der Waals surface area contributed by atoms with E-state index in [9.17, 15) is 0 Å². The molecule has 0 bridgehead atoms. The number of nitrogens with two attached hydrogens (primary N) is 1. The van der Waals surface area contributed by atoms with Crippen LogP contribution in [0.3, 0.4) is 0 Å². The average Bonchev–Trinajstić information content (AvgIpc) is 2.93. The number of nitrogens with one attached hydrogen (secondary N) is 1. The highest BCUT2D eigenvalue weighted by Crippen LogP contribution is 2.38. The Morgan fingerprint density at radius 1 is 1.17 bits per heavy atom. The van der Waals surface area contributed by atoms with Crippen molar-refractivity contribution in [1.82, 2.24) is 4.98 Å². The van der Waals surface area contributed by atoms with Gasteiger partial charge in [0, 0.05) is 26.0 Å². The van der Waals surface area contributed by atoms with Crippen LogP contribution in [0.5, 0.6) is 5.75 Å². The molecule has 3 aromatic rings. The van der Waals surface area contributed by atoms with Crippen LogP contribution in [0.25, 0.3) is 22.2 Å². The minimum Gasteiger partial charge on any atom is -0.496 e. The molecule has 3 nitrogen and oxygen atoms in total. The van der Waals surface area contributed by atoms with Gasteiger partial charge in [-0.15, -0.1) is 0 Å². The molecule has 0 fully saturated rings. The molecule has 1 aromatic heterocycles. The lowest BCUT2D eigenvalue weighted by Crippen LogP contribution is -1.99. The van der Waals surface area contributed by atoms with Crippen molar-refractivity contribution in [2.45, 2.75) is 19.3 Å². The molecule has 0 amide bonds. The summed E-state index contributed by atoms with van der Waals surface area (Å²) in [4.78, 5) is 3.55. The van der Waals surface area contributed by atoms with Crippen LogP contribution in [0.1, 0.15) is 18.4 Å². The molecule has 0 aliphatic heterocycles. The van der Waals surface area contributed by atoms with Gasteiger partial charge >= 0.3 is 0 Å². The lowest BCUT2D eigenvalue weighted by atomic mass is 10.00. The Kier molecular flexibility index (Phi) is 5.49. The fourth-order valence-corrected chi connectivity index (χ4v) is 3.56. The van der Waals surface area contributed by atoms with E-state index in [0.29, 0.717) is 11.6 Å². The smallest absolute Gasteiger partial charge is 0.128 e. The second-order valence-electron chi connectivity index (χ2n) is 5.76. The Labute approximate surface area is 155 Å². The van der Waals surface area contributed by atoms with Crippen LogP contribution in [0, 0.1) is 0 Å². The minimum atomic E-state index is 0.693. The van der Waals surface area contributed by atoms with Crippen LogP contribution in [0.2, 0.25) is 5.02 Å². The molecule has 5 heteroatoms. The first-order valence-electron chi connectivity index (χ1n) is 7.98. The molecule has 2 aromatic carbocycles. The monoisotopic (exact) mass is 406 g/mol. The summed E-state index contributed by atoms with van der Waals surface area (Å²) in [5.41, 5.74) is 10.1. The molecule has 0 unspecified atom stereocenters. The third kappa shape index (κ3) is 3.46. The van der Waals surface area contributed by atoms with Crippen LogP contribution in [0.4, 0.5) is 0 Å². The first kappa shape index (κ1) is 17.3. The van der Waals surface area contributed by atoms with Gasteiger partial charge in [0.25, 0.3) is 0 Å². The van der Waals surface area contributed by atoms with Gasteiger partial charge in [-0.05, 0) is 67.8 Å². The van der Waals surface area contributed by atoms with E-state index in [-0.39, 0.29) is 0 Å².